The lowest BCUT2D eigenvalue weighted by molar-refractivity contribution is 0.226. The zero-order valence-electron chi connectivity index (χ0n) is 22.8. The number of anilines is 2. The normalized spacial score (nSPS) is 22.9. The molecule has 3 aliphatic rings. The van der Waals surface area contributed by atoms with Crippen molar-refractivity contribution in [2.24, 2.45) is 5.73 Å². The molecule has 0 amide bonds. The molecule has 2 N–H and O–H groups in total. The molecule has 7 nitrogen and oxygen atoms in total. The second-order valence-corrected chi connectivity index (χ2v) is 11.8. The van der Waals surface area contributed by atoms with Crippen LogP contribution in [-0.2, 0) is 6.42 Å². The first kappa shape index (κ1) is 25.5. The van der Waals surface area contributed by atoms with E-state index in [9.17, 15) is 0 Å². The van der Waals surface area contributed by atoms with E-state index in [1.54, 1.807) is 0 Å². The lowest BCUT2D eigenvalue weighted by atomic mass is 9.94. The summed E-state index contributed by atoms with van der Waals surface area (Å²) >= 11 is 6.50. The summed E-state index contributed by atoms with van der Waals surface area (Å²) in [5, 5.41) is 6.02. The highest BCUT2D eigenvalue weighted by molar-refractivity contribution is 6.30. The van der Waals surface area contributed by atoms with Gasteiger partial charge >= 0.3 is 0 Å². The molecule has 0 spiro atoms. The van der Waals surface area contributed by atoms with Gasteiger partial charge in [-0.2, -0.15) is 9.61 Å². The van der Waals surface area contributed by atoms with Crippen LogP contribution in [0.25, 0.3) is 11.3 Å². The van der Waals surface area contributed by atoms with Crippen molar-refractivity contribution in [2.45, 2.75) is 70.4 Å². The third-order valence-corrected chi connectivity index (χ3v) is 8.94. The topological polar surface area (TPSA) is 65.9 Å². The number of fused-ring (bicyclic) bond motifs is 4. The highest BCUT2D eigenvalue weighted by Gasteiger charge is 2.31. The van der Waals surface area contributed by atoms with Crippen molar-refractivity contribution in [3.8, 4) is 0 Å². The number of rotatable bonds is 1. The van der Waals surface area contributed by atoms with Gasteiger partial charge in [0, 0.05) is 67.2 Å². The summed E-state index contributed by atoms with van der Waals surface area (Å²) in [7, 11) is 2.20. The molecule has 6 rings (SSSR count). The SMILES string of the molecule is C=C1c2cc(Cl)ccc2CCCCCN(C)c2c(C)c(N3CCC(N)C3)nc3cc(nn23)C2CCCCN12. The Balaban J connectivity index is 1.49. The number of nitrogens with zero attached hydrogens (tertiary/aromatic N) is 6. The summed E-state index contributed by atoms with van der Waals surface area (Å²) < 4.78 is 2.09. The summed E-state index contributed by atoms with van der Waals surface area (Å²) in [4.78, 5) is 12.4. The zero-order valence-corrected chi connectivity index (χ0v) is 23.6. The maximum atomic E-state index is 6.50. The van der Waals surface area contributed by atoms with Gasteiger partial charge in [-0.15, -0.1) is 0 Å². The molecule has 2 atom stereocenters. The van der Waals surface area contributed by atoms with Gasteiger partial charge in [0.25, 0.3) is 0 Å². The van der Waals surface area contributed by atoms with Crippen LogP contribution in [0.15, 0.2) is 30.8 Å². The fourth-order valence-corrected chi connectivity index (χ4v) is 6.85. The van der Waals surface area contributed by atoms with Gasteiger partial charge in [-0.25, -0.2) is 4.98 Å². The highest BCUT2D eigenvalue weighted by Crippen LogP contribution is 2.39. The van der Waals surface area contributed by atoms with Crippen molar-refractivity contribution in [2.75, 3.05) is 43.0 Å². The van der Waals surface area contributed by atoms with Gasteiger partial charge < -0.3 is 20.4 Å². The van der Waals surface area contributed by atoms with Crippen molar-refractivity contribution in [1.29, 1.82) is 0 Å². The van der Waals surface area contributed by atoms with E-state index in [1.165, 1.54) is 23.1 Å². The molecule has 5 heterocycles. The van der Waals surface area contributed by atoms with Gasteiger partial charge in [0.15, 0.2) is 5.65 Å². The number of benzene rings is 1. The predicted octanol–water partition coefficient (Wildman–Crippen LogP) is 5.59. The van der Waals surface area contributed by atoms with E-state index < -0.39 is 0 Å². The lowest BCUT2D eigenvalue weighted by Crippen LogP contribution is -2.32. The summed E-state index contributed by atoms with van der Waals surface area (Å²) in [5.74, 6) is 2.19. The average molecular weight is 534 g/mol. The number of piperidine rings is 1. The van der Waals surface area contributed by atoms with E-state index in [-0.39, 0.29) is 12.1 Å². The molecule has 2 unspecified atom stereocenters. The minimum Gasteiger partial charge on any atom is -0.363 e. The lowest BCUT2D eigenvalue weighted by Gasteiger charge is -2.38. The van der Waals surface area contributed by atoms with Gasteiger partial charge in [0.05, 0.1) is 11.7 Å². The van der Waals surface area contributed by atoms with Crippen LogP contribution in [-0.4, -0.2) is 58.8 Å². The first-order valence-corrected chi connectivity index (χ1v) is 14.6. The largest absolute Gasteiger partial charge is 0.363 e. The first-order valence-electron chi connectivity index (χ1n) is 14.3. The van der Waals surface area contributed by atoms with Crippen LogP contribution in [0.1, 0.15) is 73.4 Å². The number of nitrogens with two attached hydrogens (primary N) is 1. The Morgan fingerprint density at radius 2 is 1.87 bits per heavy atom. The maximum absolute atomic E-state index is 6.50. The average Bonchev–Trinajstić information content (AvgIpc) is 3.53. The summed E-state index contributed by atoms with van der Waals surface area (Å²) in [6.45, 7) is 10.6. The van der Waals surface area contributed by atoms with E-state index in [0.29, 0.717) is 0 Å². The van der Waals surface area contributed by atoms with Gasteiger partial charge in [0.1, 0.15) is 11.6 Å². The molecule has 2 saturated heterocycles. The third-order valence-electron chi connectivity index (χ3n) is 8.70. The Hall–Kier alpha value is -2.77. The van der Waals surface area contributed by atoms with E-state index in [4.69, 9.17) is 27.4 Å². The fraction of sp³-hybridized carbons (Fsp3) is 0.533. The smallest absolute Gasteiger partial charge is 0.160 e. The maximum Gasteiger partial charge on any atom is 0.160 e. The van der Waals surface area contributed by atoms with Gasteiger partial charge in [-0.1, -0.05) is 30.7 Å². The molecule has 2 bridgehead atoms. The van der Waals surface area contributed by atoms with Crippen LogP contribution < -0.4 is 15.5 Å². The number of hydrogen-bond acceptors (Lipinski definition) is 6. The van der Waals surface area contributed by atoms with E-state index >= 15 is 0 Å². The Bertz CT molecular complexity index is 1350. The van der Waals surface area contributed by atoms with Gasteiger partial charge in [-0.05, 0) is 69.6 Å². The Morgan fingerprint density at radius 1 is 1.03 bits per heavy atom. The van der Waals surface area contributed by atoms with Crippen LogP contribution in [0, 0.1) is 6.92 Å². The summed E-state index contributed by atoms with van der Waals surface area (Å²) in [6.07, 6.45) is 8.87. The molecule has 1 aromatic carbocycles. The highest BCUT2D eigenvalue weighted by atomic mass is 35.5. The second kappa shape index (κ2) is 10.4. The summed E-state index contributed by atoms with van der Waals surface area (Å²) in [6, 6.07) is 8.90. The van der Waals surface area contributed by atoms with Crippen molar-refractivity contribution in [3.05, 3.63) is 58.3 Å². The Morgan fingerprint density at radius 3 is 2.68 bits per heavy atom. The van der Waals surface area contributed by atoms with E-state index in [2.05, 4.69) is 58.0 Å². The molecular formula is C30H40ClN7. The second-order valence-electron chi connectivity index (χ2n) is 11.4. The molecule has 2 fully saturated rings. The standard InChI is InChI=1S/C30H40ClN7/c1-20-29(36-16-13-24(32)19-36)33-28-18-26-27-10-6-8-15-37(27)21(2)25-17-23(31)12-11-22(25)9-5-4-7-14-35(3)30(20)38(28)34-26/h11-12,17-18,24,27H,2,4-10,13-16,19,32H2,1,3H3. The third kappa shape index (κ3) is 4.64. The molecule has 3 aliphatic heterocycles. The molecule has 202 valence electrons. The van der Waals surface area contributed by atoms with Gasteiger partial charge in [-0.3, -0.25) is 0 Å². The molecule has 38 heavy (non-hydrogen) atoms. The number of halogens is 1. The van der Waals surface area contributed by atoms with Crippen LogP contribution in [0.3, 0.4) is 0 Å². The molecule has 2 aromatic heterocycles. The number of hydrogen-bond donors (Lipinski definition) is 1. The molecule has 8 heteroatoms. The molecular weight excluding hydrogens is 494 g/mol. The van der Waals surface area contributed by atoms with Crippen molar-refractivity contribution in [1.82, 2.24) is 19.5 Å². The predicted molar refractivity (Wildman–Crippen MR) is 157 cm³/mol. The molecule has 0 aliphatic carbocycles. The van der Waals surface area contributed by atoms with Crippen LogP contribution in [0.4, 0.5) is 11.6 Å². The molecule has 0 saturated carbocycles. The quantitative estimate of drug-likeness (QED) is 0.440. The van der Waals surface area contributed by atoms with Gasteiger partial charge in [0.2, 0.25) is 0 Å². The minimum atomic E-state index is 0.164. The Kier molecular flexibility index (Phi) is 6.99. The molecule has 3 aromatic rings. The Labute approximate surface area is 231 Å². The summed E-state index contributed by atoms with van der Waals surface area (Å²) in [5.41, 5.74) is 13.0. The van der Waals surface area contributed by atoms with Crippen LogP contribution in [0.5, 0.6) is 0 Å². The number of aromatic nitrogens is 3. The van der Waals surface area contributed by atoms with Crippen molar-refractivity contribution in [3.63, 3.8) is 0 Å². The van der Waals surface area contributed by atoms with Crippen LogP contribution in [0.2, 0.25) is 5.02 Å². The fourth-order valence-electron chi connectivity index (χ4n) is 6.67. The molecule has 0 radical (unpaired) electrons. The van der Waals surface area contributed by atoms with E-state index in [0.717, 1.165) is 105 Å². The zero-order chi connectivity index (χ0) is 26.4. The monoisotopic (exact) mass is 533 g/mol. The van der Waals surface area contributed by atoms with E-state index in [1.807, 2.05) is 6.07 Å². The number of aryl methyl sites for hydroxylation is 1. The van der Waals surface area contributed by atoms with Crippen molar-refractivity contribution < 1.29 is 0 Å². The first-order chi connectivity index (χ1) is 18.4. The van der Waals surface area contributed by atoms with Crippen molar-refractivity contribution >= 4 is 34.6 Å². The van der Waals surface area contributed by atoms with Crippen LogP contribution >= 0.6 is 11.6 Å². The minimum absolute atomic E-state index is 0.164.